The molecule has 0 amide bonds. The van der Waals surface area contributed by atoms with Crippen LogP contribution in [-0.4, -0.2) is 21.0 Å². The van der Waals surface area contributed by atoms with Crippen LogP contribution in [0.2, 0.25) is 5.02 Å². The van der Waals surface area contributed by atoms with Gasteiger partial charge in [-0.1, -0.05) is 41.9 Å². The number of anilines is 1. The Bertz CT molecular complexity index is 1390. The molecule has 0 saturated heterocycles. The van der Waals surface area contributed by atoms with Gasteiger partial charge in [-0.3, -0.25) is 5.43 Å². The van der Waals surface area contributed by atoms with Crippen LogP contribution in [0.1, 0.15) is 5.56 Å². The van der Waals surface area contributed by atoms with E-state index in [2.05, 4.69) is 15.5 Å². The van der Waals surface area contributed by atoms with E-state index in [0.29, 0.717) is 15.8 Å². The first kappa shape index (κ1) is 21.1. The molecular formula is C25H17ClFN5S. The fourth-order valence-electron chi connectivity index (χ4n) is 3.26. The number of para-hydroxylation sites is 1. The maximum atomic E-state index is 13.4. The average molecular weight is 474 g/mol. The number of rotatable bonds is 6. The Morgan fingerprint density at radius 2 is 1.67 bits per heavy atom. The molecule has 5 nitrogen and oxygen atoms in total. The van der Waals surface area contributed by atoms with E-state index < -0.39 is 0 Å². The lowest BCUT2D eigenvalue weighted by Gasteiger charge is -2.00. The van der Waals surface area contributed by atoms with Gasteiger partial charge >= 0.3 is 0 Å². The Hall–Kier alpha value is -3.81. The van der Waals surface area contributed by atoms with Crippen molar-refractivity contribution in [2.24, 2.45) is 5.10 Å². The third-order valence-electron chi connectivity index (χ3n) is 4.89. The largest absolute Gasteiger partial charge is 0.253 e. The molecular weight excluding hydrogens is 457 g/mol. The molecule has 0 saturated carbocycles. The van der Waals surface area contributed by atoms with Crippen molar-refractivity contribution in [1.29, 1.82) is 0 Å². The third kappa shape index (κ3) is 4.84. The number of nitrogens with zero attached hydrogens (tertiary/aromatic N) is 4. The van der Waals surface area contributed by atoms with Crippen LogP contribution < -0.4 is 5.43 Å². The molecule has 0 radical (unpaired) electrons. The zero-order valence-electron chi connectivity index (χ0n) is 17.2. The molecule has 0 bridgehead atoms. The van der Waals surface area contributed by atoms with Crippen molar-refractivity contribution < 1.29 is 4.39 Å². The van der Waals surface area contributed by atoms with Crippen molar-refractivity contribution in [1.82, 2.24) is 14.8 Å². The molecule has 5 aromatic rings. The summed E-state index contributed by atoms with van der Waals surface area (Å²) in [6, 6.07) is 23.6. The maximum Gasteiger partial charge on any atom is 0.203 e. The number of hydrogen-bond acceptors (Lipinski definition) is 5. The number of thiazole rings is 1. The Labute approximate surface area is 198 Å². The summed E-state index contributed by atoms with van der Waals surface area (Å²) in [4.78, 5) is 4.57. The molecule has 0 aliphatic carbocycles. The maximum absolute atomic E-state index is 13.4. The van der Waals surface area contributed by atoms with Gasteiger partial charge in [0.25, 0.3) is 0 Å². The van der Waals surface area contributed by atoms with Gasteiger partial charge in [0, 0.05) is 33.3 Å². The van der Waals surface area contributed by atoms with E-state index in [1.165, 1.54) is 23.5 Å². The summed E-state index contributed by atoms with van der Waals surface area (Å²) in [5, 5.41) is 12.4. The van der Waals surface area contributed by atoms with Gasteiger partial charge < -0.3 is 0 Å². The number of benzene rings is 3. The van der Waals surface area contributed by atoms with E-state index >= 15 is 0 Å². The van der Waals surface area contributed by atoms with Gasteiger partial charge in [0.15, 0.2) is 0 Å². The van der Waals surface area contributed by atoms with Crippen molar-refractivity contribution >= 4 is 34.3 Å². The number of halogens is 2. The number of hydrogen-bond donors (Lipinski definition) is 1. The van der Waals surface area contributed by atoms with Crippen LogP contribution in [0.5, 0.6) is 0 Å². The van der Waals surface area contributed by atoms with Gasteiger partial charge in [-0.2, -0.15) is 10.2 Å². The topological polar surface area (TPSA) is 55.1 Å². The first-order valence-corrected chi connectivity index (χ1v) is 11.3. The molecule has 0 atom stereocenters. The average Bonchev–Trinajstić information content (AvgIpc) is 3.49. The predicted octanol–water partition coefficient (Wildman–Crippen LogP) is 6.90. The van der Waals surface area contributed by atoms with Crippen LogP contribution >= 0.6 is 22.9 Å². The Balaban J connectivity index is 1.41. The second kappa shape index (κ2) is 9.36. The summed E-state index contributed by atoms with van der Waals surface area (Å²) in [5.41, 5.74) is 8.01. The molecule has 0 fully saturated rings. The first-order chi connectivity index (χ1) is 16.2. The van der Waals surface area contributed by atoms with Gasteiger partial charge in [-0.05, 0) is 48.5 Å². The smallest absolute Gasteiger partial charge is 0.203 e. The highest BCUT2D eigenvalue weighted by Gasteiger charge is 2.11. The number of hydrazone groups is 1. The van der Waals surface area contributed by atoms with Gasteiger partial charge in [0.05, 0.1) is 17.6 Å². The lowest BCUT2D eigenvalue weighted by molar-refractivity contribution is 0.628. The highest BCUT2D eigenvalue weighted by atomic mass is 35.5. The van der Waals surface area contributed by atoms with Crippen LogP contribution in [0.25, 0.3) is 28.2 Å². The minimum Gasteiger partial charge on any atom is -0.253 e. The minimum atomic E-state index is -0.293. The van der Waals surface area contributed by atoms with E-state index in [0.717, 1.165) is 28.1 Å². The molecule has 3 aromatic carbocycles. The molecule has 0 spiro atoms. The summed E-state index contributed by atoms with van der Waals surface area (Å²) >= 11 is 7.42. The van der Waals surface area contributed by atoms with Crippen LogP contribution in [0, 0.1) is 5.82 Å². The van der Waals surface area contributed by atoms with E-state index in [1.54, 1.807) is 23.0 Å². The molecule has 5 rings (SSSR count). The molecule has 0 aliphatic heterocycles. The van der Waals surface area contributed by atoms with Crippen molar-refractivity contribution in [3.8, 4) is 28.2 Å². The molecule has 1 N–H and O–H groups in total. The highest BCUT2D eigenvalue weighted by molar-refractivity contribution is 7.14. The van der Waals surface area contributed by atoms with Gasteiger partial charge in [0.1, 0.15) is 11.5 Å². The van der Waals surface area contributed by atoms with Crippen molar-refractivity contribution in [2.45, 2.75) is 0 Å². The molecule has 33 heavy (non-hydrogen) atoms. The number of aromatic nitrogens is 3. The fourth-order valence-corrected chi connectivity index (χ4v) is 4.06. The standard InChI is InChI=1S/C25H17ClFN5S/c26-20-10-6-17(7-11-20)23-16-33-25(29-23)30-28-14-19-15-32(22-4-2-1-3-5-22)31-24(19)18-8-12-21(27)13-9-18/h1-16H,(H,29,30)/b28-14+. The fraction of sp³-hybridized carbons (Fsp3) is 0. The molecule has 0 aliphatic rings. The van der Waals surface area contributed by atoms with Gasteiger partial charge in [0.2, 0.25) is 5.13 Å². The summed E-state index contributed by atoms with van der Waals surface area (Å²) in [7, 11) is 0. The molecule has 8 heteroatoms. The minimum absolute atomic E-state index is 0.293. The van der Waals surface area contributed by atoms with Crippen molar-refractivity contribution in [2.75, 3.05) is 5.43 Å². The van der Waals surface area contributed by atoms with Crippen molar-refractivity contribution in [3.05, 3.63) is 107 Å². The Kier molecular flexibility index (Phi) is 5.97. The second-order valence-corrected chi connectivity index (χ2v) is 8.43. The van der Waals surface area contributed by atoms with Crippen LogP contribution in [0.4, 0.5) is 9.52 Å². The quantitative estimate of drug-likeness (QED) is 0.215. The highest BCUT2D eigenvalue weighted by Crippen LogP contribution is 2.26. The zero-order chi connectivity index (χ0) is 22.6. The van der Waals surface area contributed by atoms with E-state index in [1.807, 2.05) is 66.2 Å². The molecule has 2 heterocycles. The van der Waals surface area contributed by atoms with Crippen LogP contribution in [0.3, 0.4) is 0 Å². The summed E-state index contributed by atoms with van der Waals surface area (Å²) < 4.78 is 15.2. The summed E-state index contributed by atoms with van der Waals surface area (Å²) in [5.74, 6) is -0.293. The molecule has 2 aromatic heterocycles. The number of nitrogens with one attached hydrogen (secondary N) is 1. The van der Waals surface area contributed by atoms with E-state index in [-0.39, 0.29) is 5.82 Å². The Morgan fingerprint density at radius 1 is 0.939 bits per heavy atom. The normalized spacial score (nSPS) is 11.2. The first-order valence-electron chi connectivity index (χ1n) is 10.1. The van der Waals surface area contributed by atoms with Gasteiger partial charge in [-0.15, -0.1) is 11.3 Å². The summed E-state index contributed by atoms with van der Waals surface area (Å²) in [6.45, 7) is 0. The van der Waals surface area contributed by atoms with Crippen LogP contribution in [-0.2, 0) is 0 Å². The Morgan fingerprint density at radius 3 is 2.42 bits per heavy atom. The molecule has 162 valence electrons. The second-order valence-electron chi connectivity index (χ2n) is 7.13. The molecule has 0 unspecified atom stereocenters. The van der Waals surface area contributed by atoms with Gasteiger partial charge in [-0.25, -0.2) is 14.1 Å². The lowest BCUT2D eigenvalue weighted by Crippen LogP contribution is -1.94. The summed E-state index contributed by atoms with van der Waals surface area (Å²) in [6.07, 6.45) is 3.58. The zero-order valence-corrected chi connectivity index (χ0v) is 18.8. The predicted molar refractivity (Wildman–Crippen MR) is 133 cm³/mol. The lowest BCUT2D eigenvalue weighted by atomic mass is 10.1. The van der Waals surface area contributed by atoms with E-state index in [9.17, 15) is 4.39 Å². The SMILES string of the molecule is Fc1ccc(-c2nn(-c3ccccc3)cc2/C=N/Nc2nc(-c3ccc(Cl)cc3)cs2)cc1. The van der Waals surface area contributed by atoms with Crippen LogP contribution in [0.15, 0.2) is 95.5 Å². The monoisotopic (exact) mass is 473 g/mol. The van der Waals surface area contributed by atoms with E-state index in [4.69, 9.17) is 16.7 Å². The van der Waals surface area contributed by atoms with Crippen molar-refractivity contribution in [3.63, 3.8) is 0 Å². The third-order valence-corrected chi connectivity index (χ3v) is 5.89.